The highest BCUT2D eigenvalue weighted by molar-refractivity contribution is 5.15. The topological polar surface area (TPSA) is 77.6 Å². The number of aromatic nitrogens is 1. The number of hydrogen-bond donors (Lipinski definition) is 3. The Labute approximate surface area is 153 Å². The van der Waals surface area contributed by atoms with Crippen molar-refractivity contribution in [3.05, 3.63) is 29.6 Å². The third-order valence-corrected chi connectivity index (χ3v) is 4.31. The Bertz CT molecular complexity index is 467. The van der Waals surface area contributed by atoms with Crippen LogP contribution in [0.4, 0.5) is 0 Å². The Morgan fingerprint density at radius 2 is 1.76 bits per heavy atom. The fourth-order valence-corrected chi connectivity index (χ4v) is 2.66. The van der Waals surface area contributed by atoms with Crippen LogP contribution in [0, 0.1) is 0 Å². The largest absolute Gasteiger partial charge is 0.387 e. The second kappa shape index (κ2) is 12.3. The molecule has 144 valence electrons. The fourth-order valence-electron chi connectivity index (χ4n) is 2.66. The number of aliphatic hydroxyl groups is 1. The molecule has 6 nitrogen and oxygen atoms in total. The van der Waals surface area contributed by atoms with E-state index in [1.54, 1.807) is 6.92 Å². The minimum absolute atomic E-state index is 0.179. The summed E-state index contributed by atoms with van der Waals surface area (Å²) in [4.78, 5) is 9.24. The molecule has 0 fully saturated rings. The Balaban J connectivity index is 2.37. The highest BCUT2D eigenvalue weighted by Crippen LogP contribution is 2.14. The number of hydrogen-bond acceptors (Lipinski definition) is 6. The number of aliphatic hydroxyl groups excluding tert-OH is 1. The van der Waals surface area contributed by atoms with Crippen molar-refractivity contribution in [2.45, 2.75) is 38.8 Å². The highest BCUT2D eigenvalue weighted by atomic mass is 16.3. The van der Waals surface area contributed by atoms with Crippen LogP contribution in [0.3, 0.4) is 0 Å². The maximum Gasteiger partial charge on any atom is 0.0931 e. The standard InChI is InChI=1S/C19H37N5O/c1-16(18-8-5-9-19(22-18)17(2)25)21-11-7-13-24(12-6-10-20)15-14-23(3)4/h5,8-9,16-17,21,25H,6-7,10-15,20H2,1-4H3/t16-,17+/m1/s1. The van der Waals surface area contributed by atoms with Crippen LogP contribution < -0.4 is 11.1 Å². The van der Waals surface area contributed by atoms with E-state index in [1.165, 1.54) is 0 Å². The molecule has 0 aliphatic rings. The second-order valence-corrected chi connectivity index (χ2v) is 6.98. The molecule has 0 saturated heterocycles. The molecule has 2 atom stereocenters. The summed E-state index contributed by atoms with van der Waals surface area (Å²) in [6.07, 6.45) is 1.62. The van der Waals surface area contributed by atoms with Crippen molar-refractivity contribution >= 4 is 0 Å². The third kappa shape index (κ3) is 9.28. The van der Waals surface area contributed by atoms with Gasteiger partial charge in [-0.05, 0) is 79.1 Å². The molecular weight excluding hydrogens is 314 g/mol. The highest BCUT2D eigenvalue weighted by Gasteiger charge is 2.10. The van der Waals surface area contributed by atoms with Gasteiger partial charge in [-0.15, -0.1) is 0 Å². The fraction of sp³-hybridized carbons (Fsp3) is 0.737. The number of pyridine rings is 1. The van der Waals surface area contributed by atoms with Gasteiger partial charge in [0.2, 0.25) is 0 Å². The summed E-state index contributed by atoms with van der Waals surface area (Å²) >= 11 is 0. The maximum atomic E-state index is 9.66. The van der Waals surface area contributed by atoms with E-state index < -0.39 is 6.10 Å². The van der Waals surface area contributed by atoms with Crippen LogP contribution in [0.5, 0.6) is 0 Å². The lowest BCUT2D eigenvalue weighted by Crippen LogP contribution is -2.35. The molecule has 0 amide bonds. The SMILES string of the molecule is C[C@H](O)c1cccc([C@@H](C)NCCCN(CCCN)CCN(C)C)n1. The first kappa shape index (κ1) is 22.0. The van der Waals surface area contributed by atoms with E-state index in [0.29, 0.717) is 0 Å². The molecule has 0 aromatic carbocycles. The Kier molecular flexibility index (Phi) is 10.8. The van der Waals surface area contributed by atoms with Gasteiger partial charge in [0.1, 0.15) is 0 Å². The zero-order valence-electron chi connectivity index (χ0n) is 16.4. The quantitative estimate of drug-likeness (QED) is 0.466. The van der Waals surface area contributed by atoms with E-state index in [9.17, 15) is 5.11 Å². The van der Waals surface area contributed by atoms with Crippen molar-refractivity contribution in [3.8, 4) is 0 Å². The first-order chi connectivity index (χ1) is 11.9. The minimum atomic E-state index is -0.528. The van der Waals surface area contributed by atoms with Gasteiger partial charge in [0.15, 0.2) is 0 Å². The van der Waals surface area contributed by atoms with Gasteiger partial charge in [0.05, 0.1) is 17.5 Å². The molecule has 1 rings (SSSR count). The summed E-state index contributed by atoms with van der Waals surface area (Å²) in [7, 11) is 4.22. The van der Waals surface area contributed by atoms with Crippen LogP contribution in [0.15, 0.2) is 18.2 Å². The zero-order valence-corrected chi connectivity index (χ0v) is 16.4. The van der Waals surface area contributed by atoms with Crippen LogP contribution in [0.25, 0.3) is 0 Å². The van der Waals surface area contributed by atoms with Crippen molar-refractivity contribution in [2.75, 3.05) is 53.4 Å². The summed E-state index contributed by atoms with van der Waals surface area (Å²) in [6.45, 7) is 9.86. The molecule has 0 unspecified atom stereocenters. The van der Waals surface area contributed by atoms with Crippen LogP contribution in [-0.2, 0) is 0 Å². The molecule has 0 spiro atoms. The average Bonchev–Trinajstić information content (AvgIpc) is 2.59. The Morgan fingerprint density at radius 1 is 1.08 bits per heavy atom. The molecule has 0 radical (unpaired) electrons. The van der Waals surface area contributed by atoms with E-state index in [4.69, 9.17) is 5.73 Å². The zero-order chi connectivity index (χ0) is 18.7. The summed E-state index contributed by atoms with van der Waals surface area (Å²) in [5, 5.41) is 13.2. The Hall–Kier alpha value is -1.05. The molecule has 0 aliphatic heterocycles. The number of nitrogens with one attached hydrogen (secondary N) is 1. The Morgan fingerprint density at radius 3 is 2.40 bits per heavy atom. The van der Waals surface area contributed by atoms with Gasteiger partial charge in [-0.1, -0.05) is 6.07 Å². The number of nitrogens with zero attached hydrogens (tertiary/aromatic N) is 3. The van der Waals surface area contributed by atoms with Gasteiger partial charge in [0.25, 0.3) is 0 Å². The molecule has 1 aromatic rings. The smallest absolute Gasteiger partial charge is 0.0931 e. The molecule has 1 heterocycles. The first-order valence-electron chi connectivity index (χ1n) is 9.39. The van der Waals surface area contributed by atoms with Gasteiger partial charge in [-0.3, -0.25) is 4.98 Å². The van der Waals surface area contributed by atoms with Crippen LogP contribution in [-0.4, -0.2) is 73.3 Å². The molecule has 4 N–H and O–H groups in total. The lowest BCUT2D eigenvalue weighted by Gasteiger charge is -2.24. The normalized spacial score (nSPS) is 14.2. The van der Waals surface area contributed by atoms with Gasteiger partial charge in [-0.2, -0.15) is 0 Å². The van der Waals surface area contributed by atoms with Crippen molar-refractivity contribution in [2.24, 2.45) is 5.73 Å². The van der Waals surface area contributed by atoms with E-state index in [1.807, 2.05) is 18.2 Å². The van der Waals surface area contributed by atoms with Crippen LogP contribution in [0.1, 0.15) is 50.2 Å². The predicted molar refractivity (Wildman–Crippen MR) is 105 cm³/mol. The molecule has 0 bridgehead atoms. The van der Waals surface area contributed by atoms with Gasteiger partial charge in [0, 0.05) is 19.1 Å². The number of nitrogens with two attached hydrogens (primary N) is 1. The average molecular weight is 352 g/mol. The second-order valence-electron chi connectivity index (χ2n) is 6.98. The monoisotopic (exact) mass is 351 g/mol. The summed E-state index contributed by atoms with van der Waals surface area (Å²) < 4.78 is 0. The van der Waals surface area contributed by atoms with E-state index in [-0.39, 0.29) is 6.04 Å². The van der Waals surface area contributed by atoms with E-state index in [2.05, 4.69) is 41.1 Å². The number of likely N-dealkylation sites (N-methyl/N-ethyl adjacent to an activating group) is 1. The lowest BCUT2D eigenvalue weighted by molar-refractivity contribution is 0.194. The molecule has 0 aliphatic carbocycles. The lowest BCUT2D eigenvalue weighted by atomic mass is 10.1. The van der Waals surface area contributed by atoms with Crippen molar-refractivity contribution in [1.29, 1.82) is 0 Å². The summed E-state index contributed by atoms with van der Waals surface area (Å²) in [5.74, 6) is 0. The van der Waals surface area contributed by atoms with Gasteiger partial charge < -0.3 is 26.0 Å². The van der Waals surface area contributed by atoms with Crippen molar-refractivity contribution < 1.29 is 5.11 Å². The molecule has 1 aromatic heterocycles. The maximum absolute atomic E-state index is 9.66. The van der Waals surface area contributed by atoms with Crippen molar-refractivity contribution in [3.63, 3.8) is 0 Å². The molecule has 6 heteroatoms. The summed E-state index contributed by atoms with van der Waals surface area (Å²) in [5.41, 5.74) is 7.35. The van der Waals surface area contributed by atoms with Gasteiger partial charge in [-0.25, -0.2) is 0 Å². The van der Waals surface area contributed by atoms with E-state index in [0.717, 1.165) is 63.5 Å². The summed E-state index contributed by atoms with van der Waals surface area (Å²) in [6, 6.07) is 6.01. The molecular formula is C19H37N5O. The van der Waals surface area contributed by atoms with Crippen LogP contribution >= 0.6 is 0 Å². The van der Waals surface area contributed by atoms with E-state index >= 15 is 0 Å². The molecule has 25 heavy (non-hydrogen) atoms. The van der Waals surface area contributed by atoms with Gasteiger partial charge >= 0.3 is 0 Å². The molecule has 0 saturated carbocycles. The minimum Gasteiger partial charge on any atom is -0.387 e. The predicted octanol–water partition coefficient (Wildman–Crippen LogP) is 1.39. The number of rotatable bonds is 13. The van der Waals surface area contributed by atoms with Crippen molar-refractivity contribution in [1.82, 2.24) is 20.1 Å². The first-order valence-corrected chi connectivity index (χ1v) is 9.39. The third-order valence-electron chi connectivity index (χ3n) is 4.31. The van der Waals surface area contributed by atoms with Crippen LogP contribution in [0.2, 0.25) is 0 Å².